The van der Waals surface area contributed by atoms with Gasteiger partial charge in [-0.05, 0) is 29.8 Å². The van der Waals surface area contributed by atoms with Gasteiger partial charge in [-0.25, -0.2) is 4.98 Å². The molecule has 2 amide bonds. The van der Waals surface area contributed by atoms with E-state index in [9.17, 15) is 9.59 Å². The predicted octanol–water partition coefficient (Wildman–Crippen LogP) is 3.83. The molecular weight excluding hydrogens is 358 g/mol. The van der Waals surface area contributed by atoms with Crippen molar-refractivity contribution in [3.05, 3.63) is 72.9 Å². The SMILES string of the molecule is O=C(CN1C(=O)CSc2ccccc21)Nc1ncccc1-c1ccccc1. The third kappa shape index (κ3) is 3.71. The molecule has 1 aliphatic heterocycles. The number of nitrogens with zero attached hydrogens (tertiary/aromatic N) is 2. The molecule has 134 valence electrons. The van der Waals surface area contributed by atoms with Crippen LogP contribution in [0.25, 0.3) is 11.1 Å². The van der Waals surface area contributed by atoms with Crippen LogP contribution in [0.5, 0.6) is 0 Å². The molecule has 6 heteroatoms. The average Bonchev–Trinajstić information content (AvgIpc) is 2.71. The van der Waals surface area contributed by atoms with E-state index in [2.05, 4.69) is 10.3 Å². The van der Waals surface area contributed by atoms with Crippen molar-refractivity contribution in [1.29, 1.82) is 0 Å². The summed E-state index contributed by atoms with van der Waals surface area (Å²) in [5, 5.41) is 2.86. The number of aromatic nitrogens is 1. The molecule has 0 unspecified atom stereocenters. The van der Waals surface area contributed by atoms with E-state index in [1.165, 1.54) is 16.7 Å². The summed E-state index contributed by atoms with van der Waals surface area (Å²) in [7, 11) is 0. The number of hydrogen-bond acceptors (Lipinski definition) is 4. The highest BCUT2D eigenvalue weighted by Crippen LogP contribution is 2.34. The first-order chi connectivity index (χ1) is 13.2. The number of carbonyl (C=O) groups excluding carboxylic acids is 2. The minimum atomic E-state index is -0.277. The molecule has 5 nitrogen and oxygen atoms in total. The largest absolute Gasteiger partial charge is 0.309 e. The Kier molecular flexibility index (Phi) is 4.89. The molecular formula is C21H17N3O2S. The quantitative estimate of drug-likeness (QED) is 0.753. The van der Waals surface area contributed by atoms with Crippen molar-refractivity contribution in [3.63, 3.8) is 0 Å². The molecule has 0 spiro atoms. The Hall–Kier alpha value is -3.12. The standard InChI is InChI=1S/C21H17N3O2S/c25-19(13-24-17-10-4-5-11-18(17)27-14-20(24)26)23-21-16(9-6-12-22-21)15-7-2-1-3-8-15/h1-12H,13-14H2,(H,22,23,25). The second kappa shape index (κ2) is 7.63. The zero-order valence-electron chi connectivity index (χ0n) is 14.5. The molecule has 0 saturated carbocycles. The summed E-state index contributed by atoms with van der Waals surface area (Å²) in [5.74, 6) is 0.475. The summed E-state index contributed by atoms with van der Waals surface area (Å²) in [6, 6.07) is 21.1. The van der Waals surface area contributed by atoms with Gasteiger partial charge in [-0.15, -0.1) is 11.8 Å². The highest BCUT2D eigenvalue weighted by atomic mass is 32.2. The molecule has 1 aromatic heterocycles. The highest BCUT2D eigenvalue weighted by molar-refractivity contribution is 8.00. The lowest BCUT2D eigenvalue weighted by molar-refractivity contribution is -0.120. The van der Waals surface area contributed by atoms with Crippen LogP contribution in [0.3, 0.4) is 0 Å². The maximum atomic E-state index is 12.7. The van der Waals surface area contributed by atoms with Gasteiger partial charge in [-0.1, -0.05) is 42.5 Å². The molecule has 2 aromatic carbocycles. The van der Waals surface area contributed by atoms with Crippen LogP contribution in [0.4, 0.5) is 11.5 Å². The molecule has 1 N–H and O–H groups in total. The molecule has 0 bridgehead atoms. The van der Waals surface area contributed by atoms with E-state index in [1.807, 2.05) is 66.7 Å². The van der Waals surface area contributed by atoms with Crippen molar-refractivity contribution in [3.8, 4) is 11.1 Å². The molecule has 27 heavy (non-hydrogen) atoms. The van der Waals surface area contributed by atoms with E-state index in [-0.39, 0.29) is 18.4 Å². The van der Waals surface area contributed by atoms with Gasteiger partial charge < -0.3 is 10.2 Å². The first-order valence-electron chi connectivity index (χ1n) is 8.55. The second-order valence-corrected chi connectivity index (χ2v) is 7.07. The first-order valence-corrected chi connectivity index (χ1v) is 9.53. The second-order valence-electron chi connectivity index (χ2n) is 6.05. The fraction of sp³-hybridized carbons (Fsp3) is 0.0952. The van der Waals surface area contributed by atoms with Gasteiger partial charge in [-0.2, -0.15) is 0 Å². The van der Waals surface area contributed by atoms with Crippen LogP contribution in [0.2, 0.25) is 0 Å². The van der Waals surface area contributed by atoms with E-state index in [4.69, 9.17) is 0 Å². The third-order valence-electron chi connectivity index (χ3n) is 4.26. The molecule has 2 heterocycles. The molecule has 0 saturated heterocycles. The number of nitrogens with one attached hydrogen (secondary N) is 1. The fourth-order valence-electron chi connectivity index (χ4n) is 3.00. The number of anilines is 2. The maximum Gasteiger partial charge on any atom is 0.245 e. The summed E-state index contributed by atoms with van der Waals surface area (Å²) in [5.41, 5.74) is 2.59. The van der Waals surface area contributed by atoms with Gasteiger partial charge in [0.2, 0.25) is 11.8 Å². The summed E-state index contributed by atoms with van der Waals surface area (Å²) >= 11 is 1.50. The number of hydrogen-bond donors (Lipinski definition) is 1. The number of pyridine rings is 1. The number of thioether (sulfide) groups is 1. The number of benzene rings is 2. The molecule has 0 atom stereocenters. The summed E-state index contributed by atoms with van der Waals surface area (Å²) < 4.78 is 0. The topological polar surface area (TPSA) is 62.3 Å². The van der Waals surface area contributed by atoms with E-state index >= 15 is 0 Å². The fourth-order valence-corrected chi connectivity index (χ4v) is 3.93. The third-order valence-corrected chi connectivity index (χ3v) is 5.31. The molecule has 0 aliphatic carbocycles. The highest BCUT2D eigenvalue weighted by Gasteiger charge is 2.26. The van der Waals surface area contributed by atoms with Crippen LogP contribution in [-0.4, -0.2) is 29.1 Å². The van der Waals surface area contributed by atoms with Crippen LogP contribution < -0.4 is 10.2 Å². The van der Waals surface area contributed by atoms with E-state index in [0.717, 1.165) is 21.7 Å². The molecule has 1 aliphatic rings. The van der Waals surface area contributed by atoms with Crippen molar-refractivity contribution in [2.75, 3.05) is 22.5 Å². The van der Waals surface area contributed by atoms with Crippen molar-refractivity contribution in [2.45, 2.75) is 4.90 Å². The van der Waals surface area contributed by atoms with Crippen molar-refractivity contribution in [2.24, 2.45) is 0 Å². The lowest BCUT2D eigenvalue weighted by Crippen LogP contribution is -2.41. The molecule has 3 aromatic rings. The Morgan fingerprint density at radius 3 is 2.67 bits per heavy atom. The monoisotopic (exact) mass is 375 g/mol. The number of rotatable bonds is 4. The van der Waals surface area contributed by atoms with E-state index < -0.39 is 0 Å². The number of para-hydroxylation sites is 1. The number of amides is 2. The Morgan fingerprint density at radius 2 is 1.81 bits per heavy atom. The predicted molar refractivity (Wildman–Crippen MR) is 108 cm³/mol. The zero-order valence-corrected chi connectivity index (χ0v) is 15.3. The smallest absolute Gasteiger partial charge is 0.245 e. The average molecular weight is 375 g/mol. The van der Waals surface area contributed by atoms with Crippen molar-refractivity contribution < 1.29 is 9.59 Å². The minimum absolute atomic E-state index is 0.0405. The Morgan fingerprint density at radius 1 is 1.04 bits per heavy atom. The van der Waals surface area contributed by atoms with Gasteiger partial charge >= 0.3 is 0 Å². The normalized spacial score (nSPS) is 13.2. The number of carbonyl (C=O) groups is 2. The van der Waals surface area contributed by atoms with Gasteiger partial charge in [0.25, 0.3) is 0 Å². The molecule has 4 rings (SSSR count). The summed E-state index contributed by atoms with van der Waals surface area (Å²) in [4.78, 5) is 31.9. The first kappa shape index (κ1) is 17.3. The molecule has 0 radical (unpaired) electrons. The van der Waals surface area contributed by atoms with Crippen LogP contribution in [0.15, 0.2) is 77.8 Å². The zero-order chi connectivity index (χ0) is 18.6. The van der Waals surface area contributed by atoms with E-state index in [1.54, 1.807) is 6.20 Å². The van der Waals surface area contributed by atoms with Crippen molar-refractivity contribution >= 4 is 35.1 Å². The van der Waals surface area contributed by atoms with Gasteiger partial charge in [0.15, 0.2) is 0 Å². The van der Waals surface area contributed by atoms with Crippen LogP contribution in [0, 0.1) is 0 Å². The lowest BCUT2D eigenvalue weighted by Gasteiger charge is -2.28. The van der Waals surface area contributed by atoms with Gasteiger partial charge in [0.05, 0.1) is 11.4 Å². The Labute approximate surface area is 161 Å². The summed E-state index contributed by atoms with van der Waals surface area (Å²) in [6.45, 7) is -0.0405. The molecule has 0 fully saturated rings. The minimum Gasteiger partial charge on any atom is -0.309 e. The van der Waals surface area contributed by atoms with E-state index in [0.29, 0.717) is 11.6 Å². The van der Waals surface area contributed by atoms with Crippen LogP contribution >= 0.6 is 11.8 Å². The van der Waals surface area contributed by atoms with Gasteiger partial charge in [0.1, 0.15) is 12.4 Å². The Bertz CT molecular complexity index is 991. The van der Waals surface area contributed by atoms with Crippen LogP contribution in [-0.2, 0) is 9.59 Å². The van der Waals surface area contributed by atoms with Crippen LogP contribution in [0.1, 0.15) is 0 Å². The van der Waals surface area contributed by atoms with Crippen molar-refractivity contribution in [1.82, 2.24) is 4.98 Å². The Balaban J connectivity index is 1.55. The lowest BCUT2D eigenvalue weighted by atomic mass is 10.1. The maximum absolute atomic E-state index is 12.7. The number of fused-ring (bicyclic) bond motifs is 1. The van der Waals surface area contributed by atoms with Gasteiger partial charge in [-0.3, -0.25) is 9.59 Å². The summed E-state index contributed by atoms with van der Waals surface area (Å²) in [6.07, 6.45) is 1.64. The van der Waals surface area contributed by atoms with Gasteiger partial charge in [0, 0.05) is 16.7 Å².